The third-order valence-electron chi connectivity index (χ3n) is 8.38. The van der Waals surface area contributed by atoms with Gasteiger partial charge in [-0.15, -0.1) is 0 Å². The molecular formula is C32H39IN3O7S2+. The van der Waals surface area contributed by atoms with Crippen LogP contribution >= 0.6 is 22.6 Å². The van der Waals surface area contributed by atoms with Crippen molar-refractivity contribution in [3.05, 3.63) is 89.2 Å². The minimum atomic E-state index is -4.42. The molecular weight excluding hydrogens is 729 g/mol. The van der Waals surface area contributed by atoms with Gasteiger partial charge in [0.1, 0.15) is 6.54 Å². The molecule has 4 rings (SSSR count). The van der Waals surface area contributed by atoms with Crippen molar-refractivity contribution in [3.63, 3.8) is 0 Å². The van der Waals surface area contributed by atoms with Crippen molar-refractivity contribution < 1.29 is 35.3 Å². The topological polar surface area (TPSA) is 144 Å². The fourth-order valence-electron chi connectivity index (χ4n) is 6.06. The summed E-state index contributed by atoms with van der Waals surface area (Å²) in [7, 11) is -6.54. The molecule has 13 heteroatoms. The van der Waals surface area contributed by atoms with Crippen LogP contribution in [0.5, 0.6) is 0 Å². The number of carbonyl (C=O) groups excluding carboxylic acids is 1. The van der Waals surface area contributed by atoms with Crippen molar-refractivity contribution in [2.45, 2.75) is 56.4 Å². The molecule has 0 saturated carbocycles. The van der Waals surface area contributed by atoms with E-state index in [0.717, 1.165) is 22.7 Å². The highest BCUT2D eigenvalue weighted by molar-refractivity contribution is 14.1. The summed E-state index contributed by atoms with van der Waals surface area (Å²) in [4.78, 5) is 13.7. The smallest absolute Gasteiger partial charge is 0.294 e. The second kappa shape index (κ2) is 13.1. The van der Waals surface area contributed by atoms with Gasteiger partial charge in [-0.2, -0.15) is 21.4 Å². The monoisotopic (exact) mass is 768 g/mol. The van der Waals surface area contributed by atoms with E-state index in [2.05, 4.69) is 42.3 Å². The van der Waals surface area contributed by atoms with Gasteiger partial charge in [0.25, 0.3) is 20.2 Å². The molecule has 0 aliphatic carbocycles. The fraction of sp³-hybridized carbons (Fsp3) is 0.375. The molecule has 1 amide bonds. The zero-order valence-corrected chi connectivity index (χ0v) is 29.7. The second-order valence-electron chi connectivity index (χ2n) is 12.2. The number of halogens is 1. The van der Waals surface area contributed by atoms with E-state index in [4.69, 9.17) is 0 Å². The van der Waals surface area contributed by atoms with E-state index in [-0.39, 0.29) is 29.2 Å². The number of rotatable bonds is 11. The standard InChI is InChI=1S/C32H38IN3O7S2/c1-31(2)24-18-22(21-34-30(37)20-33)12-14-26(24)35(5)28(31)10-7-6-8-11-29-32(3,4)25-19-23(45(41,42)43)13-15-27(25)36(29)16-9-17-44(38,39)40/h6-8,10-15,18-19H,9,16-17,20-21H2,1-5H3,(H2-,34,37,38,39,40,41,42,43)/p+1. The minimum Gasteiger partial charge on any atom is -0.351 e. The maximum atomic E-state index is 11.9. The Balaban J connectivity index is 1.61. The van der Waals surface area contributed by atoms with E-state index in [1.165, 1.54) is 17.7 Å². The van der Waals surface area contributed by atoms with Gasteiger partial charge in [-0.05, 0) is 49.2 Å². The number of alkyl halides is 1. The Morgan fingerprint density at radius 1 is 0.978 bits per heavy atom. The van der Waals surface area contributed by atoms with Crippen molar-refractivity contribution in [3.8, 4) is 0 Å². The first kappa shape index (κ1) is 35.0. The lowest BCUT2D eigenvalue weighted by atomic mass is 9.81. The molecule has 2 heterocycles. The van der Waals surface area contributed by atoms with Crippen LogP contribution in [0.4, 0.5) is 11.4 Å². The summed E-state index contributed by atoms with van der Waals surface area (Å²) in [5.74, 6) is -0.411. The first-order valence-electron chi connectivity index (χ1n) is 14.4. The Kier molecular flexibility index (Phi) is 10.2. The largest absolute Gasteiger partial charge is 0.351 e. The number of allylic oxidation sites excluding steroid dienone is 6. The average molecular weight is 769 g/mol. The third kappa shape index (κ3) is 7.59. The van der Waals surface area contributed by atoms with Crippen molar-refractivity contribution in [2.24, 2.45) is 0 Å². The van der Waals surface area contributed by atoms with Gasteiger partial charge in [0.2, 0.25) is 11.6 Å². The van der Waals surface area contributed by atoms with E-state index < -0.39 is 31.4 Å². The maximum absolute atomic E-state index is 11.9. The van der Waals surface area contributed by atoms with E-state index in [1.807, 2.05) is 78.4 Å². The highest BCUT2D eigenvalue weighted by Crippen LogP contribution is 2.47. The Hall–Kier alpha value is -2.85. The van der Waals surface area contributed by atoms with Crippen molar-refractivity contribution >= 4 is 65.8 Å². The average Bonchev–Trinajstić information content (AvgIpc) is 3.28. The summed E-state index contributed by atoms with van der Waals surface area (Å²) in [6.07, 6.45) is 9.85. The Labute approximate surface area is 279 Å². The van der Waals surface area contributed by atoms with Gasteiger partial charge in [-0.25, -0.2) is 0 Å². The van der Waals surface area contributed by atoms with Gasteiger partial charge in [-0.3, -0.25) is 13.9 Å². The number of carbonyl (C=O) groups is 1. The molecule has 45 heavy (non-hydrogen) atoms. The predicted molar refractivity (Wildman–Crippen MR) is 185 cm³/mol. The summed E-state index contributed by atoms with van der Waals surface area (Å²) < 4.78 is 67.7. The number of anilines is 1. The molecule has 0 aromatic heterocycles. The molecule has 2 aliphatic heterocycles. The highest BCUT2D eigenvalue weighted by atomic mass is 127. The number of hydrogen-bond donors (Lipinski definition) is 3. The summed E-state index contributed by atoms with van der Waals surface area (Å²) in [6.45, 7) is 8.94. The first-order valence-corrected chi connectivity index (χ1v) is 18.9. The van der Waals surface area contributed by atoms with Crippen LogP contribution < -0.4 is 10.2 Å². The third-order valence-corrected chi connectivity index (χ3v) is 10.7. The van der Waals surface area contributed by atoms with E-state index in [0.29, 0.717) is 22.2 Å². The quantitative estimate of drug-likeness (QED) is 0.0947. The molecule has 0 radical (unpaired) electrons. The van der Waals surface area contributed by atoms with Crippen LogP contribution in [0.15, 0.2) is 77.4 Å². The van der Waals surface area contributed by atoms with Crippen LogP contribution in [0.25, 0.3) is 0 Å². The lowest BCUT2D eigenvalue weighted by Gasteiger charge is -2.23. The van der Waals surface area contributed by atoms with Crippen LogP contribution in [0.3, 0.4) is 0 Å². The number of fused-ring (bicyclic) bond motifs is 2. The summed E-state index contributed by atoms with van der Waals surface area (Å²) in [5.41, 5.74) is 5.66. The molecule has 0 fully saturated rings. The van der Waals surface area contributed by atoms with Crippen LogP contribution in [-0.4, -0.2) is 65.9 Å². The predicted octanol–water partition coefficient (Wildman–Crippen LogP) is 5.06. The van der Waals surface area contributed by atoms with Gasteiger partial charge in [0, 0.05) is 54.5 Å². The van der Waals surface area contributed by atoms with Crippen LogP contribution in [0, 0.1) is 0 Å². The number of likely N-dealkylation sites (N-methyl/N-ethyl adjacent to an activating group) is 1. The molecule has 10 nitrogen and oxygen atoms in total. The number of nitrogens with zero attached hydrogens (tertiary/aromatic N) is 2. The Morgan fingerprint density at radius 2 is 1.69 bits per heavy atom. The van der Waals surface area contributed by atoms with Gasteiger partial charge in [-0.1, -0.05) is 66.8 Å². The number of benzene rings is 2. The first-order chi connectivity index (χ1) is 20.9. The van der Waals surface area contributed by atoms with Gasteiger partial charge >= 0.3 is 0 Å². The number of nitrogens with one attached hydrogen (secondary N) is 1. The Morgan fingerprint density at radius 3 is 2.33 bits per heavy atom. The minimum absolute atomic E-state index is 0.00151. The molecule has 3 N–H and O–H groups in total. The molecule has 0 spiro atoms. The fourth-order valence-corrected chi connectivity index (χ4v) is 7.33. The van der Waals surface area contributed by atoms with Gasteiger partial charge < -0.3 is 10.2 Å². The zero-order valence-electron chi connectivity index (χ0n) is 25.9. The SMILES string of the molecule is CN1\C(=C/C=C/C=C/C2=[N+](CCCS(=O)(=O)O)c3ccc(S(=O)(=O)O)cc3C2(C)C)C(C)(C)c2cc(CNC(=O)CI)ccc21. The summed E-state index contributed by atoms with van der Waals surface area (Å²) in [6, 6.07) is 10.6. The molecule has 2 aromatic carbocycles. The number of hydrogen-bond acceptors (Lipinski definition) is 6. The highest BCUT2D eigenvalue weighted by Gasteiger charge is 2.45. The molecule has 0 unspecified atom stereocenters. The molecule has 0 bridgehead atoms. The van der Waals surface area contributed by atoms with Gasteiger partial charge in [0.15, 0.2) is 5.71 Å². The Bertz CT molecular complexity index is 1860. The molecule has 0 saturated heterocycles. The molecule has 0 atom stereocenters. The summed E-state index contributed by atoms with van der Waals surface area (Å²) >= 11 is 2.04. The molecule has 2 aromatic rings. The summed E-state index contributed by atoms with van der Waals surface area (Å²) in [5, 5.41) is 2.93. The molecule has 242 valence electrons. The molecule has 2 aliphatic rings. The van der Waals surface area contributed by atoms with Crippen LogP contribution in [0.2, 0.25) is 0 Å². The number of amides is 1. The van der Waals surface area contributed by atoms with E-state index in [9.17, 15) is 30.7 Å². The van der Waals surface area contributed by atoms with Crippen molar-refractivity contribution in [2.75, 3.05) is 28.7 Å². The van der Waals surface area contributed by atoms with Crippen LogP contribution in [-0.2, 0) is 42.4 Å². The zero-order chi connectivity index (χ0) is 33.4. The van der Waals surface area contributed by atoms with E-state index >= 15 is 0 Å². The lowest BCUT2D eigenvalue weighted by molar-refractivity contribution is -0.437. The van der Waals surface area contributed by atoms with E-state index in [1.54, 1.807) is 6.07 Å². The lowest BCUT2D eigenvalue weighted by Crippen LogP contribution is -2.28. The van der Waals surface area contributed by atoms with Crippen molar-refractivity contribution in [1.29, 1.82) is 0 Å². The van der Waals surface area contributed by atoms with Gasteiger partial charge in [0.05, 0.1) is 20.5 Å². The second-order valence-corrected chi connectivity index (χ2v) is 16.0. The maximum Gasteiger partial charge on any atom is 0.294 e. The van der Waals surface area contributed by atoms with Crippen LogP contribution in [0.1, 0.15) is 50.8 Å². The van der Waals surface area contributed by atoms with Crippen molar-refractivity contribution in [1.82, 2.24) is 5.32 Å². The normalized spacial score (nSPS) is 18.3.